The number of carbonyl (C=O) groups is 1. The number of aromatic nitrogens is 3. The molecule has 3 saturated heterocycles. The van der Waals surface area contributed by atoms with Crippen LogP contribution in [0.25, 0.3) is 11.0 Å². The van der Waals surface area contributed by atoms with Crippen LogP contribution in [0.3, 0.4) is 0 Å². The van der Waals surface area contributed by atoms with E-state index >= 15 is 0 Å². The Bertz CT molecular complexity index is 1200. The molecule has 2 N–H and O–H groups in total. The van der Waals surface area contributed by atoms with Gasteiger partial charge in [-0.3, -0.25) is 4.90 Å². The number of hydrogen-bond acceptors (Lipinski definition) is 8. The molecule has 4 fully saturated rings. The van der Waals surface area contributed by atoms with Gasteiger partial charge in [0.05, 0.1) is 17.5 Å². The average molecular weight is 527 g/mol. The Morgan fingerprint density at radius 2 is 1.87 bits per heavy atom. The lowest BCUT2D eigenvalue weighted by Crippen LogP contribution is -2.55. The fourth-order valence-electron chi connectivity index (χ4n) is 7.33. The Morgan fingerprint density at radius 3 is 2.61 bits per heavy atom. The molecule has 1 spiro atoms. The van der Waals surface area contributed by atoms with Gasteiger partial charge in [0.15, 0.2) is 5.79 Å². The van der Waals surface area contributed by atoms with Crippen LogP contribution in [0.2, 0.25) is 0 Å². The van der Waals surface area contributed by atoms with Crippen molar-refractivity contribution in [3.05, 3.63) is 18.6 Å². The first kappa shape index (κ1) is 25.8. The van der Waals surface area contributed by atoms with Gasteiger partial charge in [0.1, 0.15) is 29.5 Å². The Hall–Kier alpha value is -2.43. The van der Waals surface area contributed by atoms with Crippen LogP contribution in [0.5, 0.6) is 0 Å². The van der Waals surface area contributed by atoms with E-state index in [0.717, 1.165) is 56.5 Å². The molecule has 0 unspecified atom stereocenters. The number of nitrogens with two attached hydrogens (primary N) is 1. The number of nitrogens with zero attached hydrogens (tertiary/aromatic N) is 5. The number of rotatable bonds is 3. The zero-order valence-electron chi connectivity index (χ0n) is 23.4. The van der Waals surface area contributed by atoms with Crippen LogP contribution in [0.1, 0.15) is 72.8 Å². The van der Waals surface area contributed by atoms with E-state index < -0.39 is 11.4 Å². The van der Waals surface area contributed by atoms with Crippen molar-refractivity contribution in [1.29, 1.82) is 0 Å². The summed E-state index contributed by atoms with van der Waals surface area (Å²) in [6, 6.07) is 2.12. The minimum atomic E-state index is -0.620. The molecule has 1 aliphatic carbocycles. The number of carbonyl (C=O) groups excluding carboxylic acids is 1. The van der Waals surface area contributed by atoms with Gasteiger partial charge in [0.25, 0.3) is 0 Å². The summed E-state index contributed by atoms with van der Waals surface area (Å²) in [5, 5.41) is 0.876. The lowest BCUT2D eigenvalue weighted by molar-refractivity contribution is -0.161. The normalized spacial score (nSPS) is 30.8. The highest BCUT2D eigenvalue weighted by atomic mass is 16.8. The van der Waals surface area contributed by atoms with E-state index in [0.29, 0.717) is 11.7 Å². The molecule has 4 aliphatic rings. The van der Waals surface area contributed by atoms with Crippen LogP contribution in [0.4, 0.5) is 10.6 Å². The van der Waals surface area contributed by atoms with E-state index in [-0.39, 0.29) is 29.9 Å². The molecule has 10 heteroatoms. The first-order chi connectivity index (χ1) is 17.9. The van der Waals surface area contributed by atoms with Gasteiger partial charge in [-0.25, -0.2) is 14.8 Å². The quantitative estimate of drug-likeness (QED) is 0.640. The average Bonchev–Trinajstić information content (AvgIpc) is 3.57. The van der Waals surface area contributed by atoms with Crippen molar-refractivity contribution in [2.24, 2.45) is 5.92 Å². The summed E-state index contributed by atoms with van der Waals surface area (Å²) in [6.07, 6.45) is 8.68. The third kappa shape index (κ3) is 4.54. The highest BCUT2D eigenvalue weighted by Crippen LogP contribution is 2.49. The Labute approximate surface area is 224 Å². The summed E-state index contributed by atoms with van der Waals surface area (Å²) in [4.78, 5) is 26.0. The Kier molecular flexibility index (Phi) is 6.16. The molecule has 3 aliphatic heterocycles. The van der Waals surface area contributed by atoms with Crippen molar-refractivity contribution < 1.29 is 19.0 Å². The second-order valence-corrected chi connectivity index (χ2v) is 13.1. The largest absolute Gasteiger partial charge is 0.444 e. The van der Waals surface area contributed by atoms with Gasteiger partial charge in [-0.2, -0.15) is 0 Å². The summed E-state index contributed by atoms with van der Waals surface area (Å²) in [7, 11) is 0. The van der Waals surface area contributed by atoms with Crippen molar-refractivity contribution in [3.8, 4) is 0 Å². The highest BCUT2D eigenvalue weighted by Gasteiger charge is 2.56. The van der Waals surface area contributed by atoms with Crippen molar-refractivity contribution in [2.75, 3.05) is 31.9 Å². The second kappa shape index (κ2) is 9.06. The highest BCUT2D eigenvalue weighted by molar-refractivity contribution is 5.86. The van der Waals surface area contributed by atoms with Crippen LogP contribution >= 0.6 is 0 Å². The third-order valence-corrected chi connectivity index (χ3v) is 8.99. The molecule has 1 saturated carbocycles. The van der Waals surface area contributed by atoms with Crippen LogP contribution in [-0.2, 0) is 14.2 Å². The first-order valence-corrected chi connectivity index (χ1v) is 14.1. The van der Waals surface area contributed by atoms with E-state index in [2.05, 4.69) is 25.6 Å². The fourth-order valence-corrected chi connectivity index (χ4v) is 7.33. The number of ether oxygens (including phenoxy) is 3. The predicted molar refractivity (Wildman–Crippen MR) is 143 cm³/mol. The summed E-state index contributed by atoms with van der Waals surface area (Å²) in [6.45, 7) is 13.3. The van der Waals surface area contributed by atoms with Crippen molar-refractivity contribution in [2.45, 2.75) is 102 Å². The number of amides is 1. The first-order valence-electron chi connectivity index (χ1n) is 14.1. The molecule has 0 aromatic carbocycles. The van der Waals surface area contributed by atoms with E-state index in [1.807, 2.05) is 45.6 Å². The van der Waals surface area contributed by atoms with Crippen LogP contribution in [-0.4, -0.2) is 85.7 Å². The summed E-state index contributed by atoms with van der Waals surface area (Å²) < 4.78 is 20.9. The third-order valence-electron chi connectivity index (χ3n) is 8.99. The molecule has 0 radical (unpaired) electrons. The monoisotopic (exact) mass is 526 g/mol. The van der Waals surface area contributed by atoms with Gasteiger partial charge in [0, 0.05) is 37.3 Å². The molecule has 1 amide bonds. The number of anilines is 1. The van der Waals surface area contributed by atoms with Gasteiger partial charge in [0.2, 0.25) is 0 Å². The maximum atomic E-state index is 12.7. The van der Waals surface area contributed by atoms with Gasteiger partial charge in [-0.15, -0.1) is 0 Å². The SMILES string of the molecule is CC(C)(C)OC(=O)N1CCC2(CCCN2C[C@H]2C[C@@H](n3ccc4c(N)ncnc43)[C@@H]3OC(C)(C)O[C@H]23)CC1. The molecule has 4 atom stereocenters. The summed E-state index contributed by atoms with van der Waals surface area (Å²) >= 11 is 0. The molecule has 2 aromatic rings. The molecule has 38 heavy (non-hydrogen) atoms. The molecule has 2 aromatic heterocycles. The molecule has 10 nitrogen and oxygen atoms in total. The molecular weight excluding hydrogens is 484 g/mol. The number of fused-ring (bicyclic) bond motifs is 2. The van der Waals surface area contributed by atoms with E-state index in [9.17, 15) is 4.79 Å². The molecule has 0 bridgehead atoms. The van der Waals surface area contributed by atoms with Crippen molar-refractivity contribution in [3.63, 3.8) is 0 Å². The topological polar surface area (TPSA) is 108 Å². The van der Waals surface area contributed by atoms with Crippen LogP contribution in [0.15, 0.2) is 18.6 Å². The van der Waals surface area contributed by atoms with Gasteiger partial charge in [-0.1, -0.05) is 0 Å². The Balaban J connectivity index is 1.19. The fraction of sp³-hybridized carbons (Fsp3) is 0.750. The van der Waals surface area contributed by atoms with Gasteiger partial charge in [-0.05, 0) is 79.3 Å². The minimum absolute atomic E-state index is 0.0196. The zero-order chi connectivity index (χ0) is 26.9. The summed E-state index contributed by atoms with van der Waals surface area (Å²) in [5.74, 6) is 0.216. The van der Waals surface area contributed by atoms with Crippen LogP contribution < -0.4 is 5.73 Å². The smallest absolute Gasteiger partial charge is 0.410 e. The minimum Gasteiger partial charge on any atom is -0.444 e. The number of likely N-dealkylation sites (tertiary alicyclic amines) is 2. The number of hydrogen-bond donors (Lipinski definition) is 1. The van der Waals surface area contributed by atoms with E-state index in [1.54, 1.807) is 0 Å². The van der Waals surface area contributed by atoms with E-state index in [4.69, 9.17) is 19.9 Å². The Morgan fingerprint density at radius 1 is 1.13 bits per heavy atom. The van der Waals surface area contributed by atoms with Crippen LogP contribution in [0, 0.1) is 5.92 Å². The van der Waals surface area contributed by atoms with E-state index in [1.165, 1.54) is 19.2 Å². The number of piperidine rings is 1. The lowest BCUT2D eigenvalue weighted by Gasteiger charge is -2.46. The second-order valence-electron chi connectivity index (χ2n) is 13.1. The maximum Gasteiger partial charge on any atom is 0.410 e. The number of nitrogen functional groups attached to an aromatic ring is 1. The van der Waals surface area contributed by atoms with Gasteiger partial charge >= 0.3 is 6.09 Å². The molecule has 208 valence electrons. The molecular formula is C28H42N6O4. The standard InChI is InChI=1S/C28H42N6O4/c1-26(2,3)38-25(35)32-13-9-28(10-14-32)8-6-11-33(28)16-18-15-20(22-21(18)36-27(4,5)37-22)34-12-7-19-23(29)30-17-31-24(19)34/h7,12,17-18,20-22H,6,8-11,13-16H2,1-5H3,(H2,29,30,31)/t18-,20-,21-,22+/m1/s1. The maximum absolute atomic E-state index is 12.7. The zero-order valence-corrected chi connectivity index (χ0v) is 23.4. The van der Waals surface area contributed by atoms with Crippen molar-refractivity contribution >= 4 is 22.9 Å². The molecule has 5 heterocycles. The van der Waals surface area contributed by atoms with Crippen molar-refractivity contribution in [1.82, 2.24) is 24.3 Å². The van der Waals surface area contributed by atoms with Gasteiger partial charge < -0.3 is 29.4 Å². The summed E-state index contributed by atoms with van der Waals surface area (Å²) in [5.41, 5.74) is 6.65. The predicted octanol–water partition coefficient (Wildman–Crippen LogP) is 3.96. The molecule has 6 rings (SSSR count). The lowest BCUT2D eigenvalue weighted by atomic mass is 9.84.